The average Bonchev–Trinajstić information content (AvgIpc) is 2.70. The maximum Gasteiger partial charge on any atom is 0.180 e. The number of hydrazine groups is 1. The first-order valence-corrected chi connectivity index (χ1v) is 9.40. The Morgan fingerprint density at radius 3 is 3.00 bits per heavy atom. The van der Waals surface area contributed by atoms with Crippen LogP contribution in [-0.2, 0) is 0 Å². The van der Waals surface area contributed by atoms with Gasteiger partial charge in [-0.05, 0) is 50.1 Å². The highest BCUT2D eigenvalue weighted by Crippen LogP contribution is 2.27. The van der Waals surface area contributed by atoms with E-state index in [2.05, 4.69) is 21.4 Å². The van der Waals surface area contributed by atoms with Crippen LogP contribution in [0.1, 0.15) is 19.3 Å². The number of hydrogen-bond acceptors (Lipinski definition) is 6. The molecule has 1 saturated heterocycles. The van der Waals surface area contributed by atoms with Crippen LogP contribution in [0.5, 0.6) is 5.75 Å². The first-order chi connectivity index (χ1) is 13.2. The van der Waals surface area contributed by atoms with Crippen molar-refractivity contribution in [3.8, 4) is 5.75 Å². The Hall–Kier alpha value is -2.64. The Balaban J connectivity index is 1.64. The van der Waals surface area contributed by atoms with E-state index in [-0.39, 0.29) is 0 Å². The molecule has 7 nitrogen and oxygen atoms in total. The number of benzene rings is 1. The number of amidine groups is 1. The summed E-state index contributed by atoms with van der Waals surface area (Å²) in [5.41, 5.74) is 12.4. The molecule has 3 aliphatic rings. The summed E-state index contributed by atoms with van der Waals surface area (Å²) in [7, 11) is 1.66. The molecule has 1 aromatic carbocycles. The fourth-order valence-electron chi connectivity index (χ4n) is 3.63. The van der Waals surface area contributed by atoms with Gasteiger partial charge in [0.15, 0.2) is 5.84 Å². The highest BCUT2D eigenvalue weighted by molar-refractivity contribution is 6.05. The molecule has 0 spiro atoms. The van der Waals surface area contributed by atoms with E-state index in [4.69, 9.17) is 15.5 Å². The molecular formula is C20H26N6O. The maximum absolute atomic E-state index is 6.05. The number of methoxy groups -OCH3 is 1. The lowest BCUT2D eigenvalue weighted by molar-refractivity contribution is 0.226. The minimum absolute atomic E-state index is 0.341. The number of aliphatic imine (C=N–C) groups is 2. The van der Waals surface area contributed by atoms with Gasteiger partial charge in [-0.1, -0.05) is 12.1 Å². The predicted octanol–water partition coefficient (Wildman–Crippen LogP) is 2.17. The highest BCUT2D eigenvalue weighted by atomic mass is 16.5. The fourth-order valence-corrected chi connectivity index (χ4v) is 3.63. The van der Waals surface area contributed by atoms with Crippen molar-refractivity contribution in [1.82, 2.24) is 15.3 Å². The van der Waals surface area contributed by atoms with Crippen molar-refractivity contribution < 1.29 is 4.74 Å². The maximum atomic E-state index is 6.05. The number of ether oxygens (including phenoxy) is 1. The van der Waals surface area contributed by atoms with E-state index in [0.29, 0.717) is 6.04 Å². The van der Waals surface area contributed by atoms with Gasteiger partial charge < -0.3 is 10.5 Å². The molecule has 4 rings (SSSR count). The predicted molar refractivity (Wildman–Crippen MR) is 108 cm³/mol. The summed E-state index contributed by atoms with van der Waals surface area (Å²) >= 11 is 0. The second kappa shape index (κ2) is 7.94. The molecule has 1 fully saturated rings. The zero-order chi connectivity index (χ0) is 18.6. The molecule has 0 aromatic heterocycles. The van der Waals surface area contributed by atoms with Crippen LogP contribution >= 0.6 is 0 Å². The first-order valence-electron chi connectivity index (χ1n) is 9.40. The van der Waals surface area contributed by atoms with Crippen LogP contribution in [0, 0.1) is 0 Å². The van der Waals surface area contributed by atoms with Crippen molar-refractivity contribution in [2.75, 3.05) is 26.7 Å². The number of fused-ring (bicyclic) bond motifs is 1. The van der Waals surface area contributed by atoms with Crippen LogP contribution in [0.15, 0.2) is 57.8 Å². The highest BCUT2D eigenvalue weighted by Gasteiger charge is 2.26. The summed E-state index contributed by atoms with van der Waals surface area (Å²) in [6, 6.07) is 8.07. The summed E-state index contributed by atoms with van der Waals surface area (Å²) in [5, 5.41) is 2.00. The molecule has 0 amide bonds. The Kier molecular flexibility index (Phi) is 5.22. The quantitative estimate of drug-likeness (QED) is 0.854. The van der Waals surface area contributed by atoms with E-state index in [0.717, 1.165) is 61.9 Å². The molecule has 0 unspecified atom stereocenters. The Labute approximate surface area is 159 Å². The minimum atomic E-state index is 0.341. The van der Waals surface area contributed by atoms with E-state index >= 15 is 0 Å². The van der Waals surface area contributed by atoms with E-state index in [1.165, 1.54) is 5.57 Å². The van der Waals surface area contributed by atoms with Crippen LogP contribution in [-0.4, -0.2) is 54.9 Å². The zero-order valence-electron chi connectivity index (χ0n) is 15.6. The molecule has 3 N–H and O–H groups in total. The number of allylic oxidation sites excluding steroid dienone is 1. The molecule has 0 aliphatic carbocycles. The van der Waals surface area contributed by atoms with Crippen LogP contribution in [0.4, 0.5) is 5.69 Å². The molecule has 0 saturated carbocycles. The van der Waals surface area contributed by atoms with E-state index < -0.39 is 0 Å². The van der Waals surface area contributed by atoms with Gasteiger partial charge in [-0.25, -0.2) is 9.98 Å². The minimum Gasteiger partial charge on any atom is -0.497 e. The lowest BCUT2D eigenvalue weighted by Gasteiger charge is -2.35. The SMILES string of the molecule is COc1cccc(N=C2N=CNN3C=CCC(CN4CCC(N)CC4)=C23)c1. The molecule has 0 bridgehead atoms. The number of nitrogens with zero attached hydrogens (tertiary/aromatic N) is 4. The van der Waals surface area contributed by atoms with Crippen molar-refractivity contribution in [2.24, 2.45) is 15.7 Å². The second-order valence-corrected chi connectivity index (χ2v) is 7.05. The zero-order valence-corrected chi connectivity index (χ0v) is 15.6. The molecule has 27 heavy (non-hydrogen) atoms. The molecule has 142 valence electrons. The summed E-state index contributed by atoms with van der Waals surface area (Å²) in [5.74, 6) is 1.50. The third kappa shape index (κ3) is 4.04. The van der Waals surface area contributed by atoms with E-state index in [9.17, 15) is 0 Å². The molecular weight excluding hydrogens is 340 g/mol. The number of likely N-dealkylation sites (tertiary alicyclic amines) is 1. The van der Waals surface area contributed by atoms with Crippen LogP contribution in [0.3, 0.4) is 0 Å². The largest absolute Gasteiger partial charge is 0.497 e. The number of rotatable bonds is 4. The normalized spacial score (nSPS) is 22.1. The van der Waals surface area contributed by atoms with Crippen molar-refractivity contribution >= 4 is 17.9 Å². The smallest absolute Gasteiger partial charge is 0.180 e. The molecule has 0 atom stereocenters. The van der Waals surface area contributed by atoms with Gasteiger partial charge in [0, 0.05) is 24.9 Å². The molecule has 0 radical (unpaired) electrons. The molecule has 3 heterocycles. The number of nitrogens with two attached hydrogens (primary N) is 1. The third-order valence-corrected chi connectivity index (χ3v) is 5.13. The third-order valence-electron chi connectivity index (χ3n) is 5.13. The number of piperidine rings is 1. The van der Waals surface area contributed by atoms with Crippen molar-refractivity contribution in [3.05, 3.63) is 47.8 Å². The molecule has 7 heteroatoms. The number of nitrogens with one attached hydrogen (secondary N) is 1. The monoisotopic (exact) mass is 366 g/mol. The van der Waals surface area contributed by atoms with Gasteiger partial charge in [0.05, 0.1) is 12.8 Å². The first kappa shape index (κ1) is 17.8. The summed E-state index contributed by atoms with van der Waals surface area (Å²) < 4.78 is 5.31. The van der Waals surface area contributed by atoms with Crippen molar-refractivity contribution in [1.29, 1.82) is 0 Å². The van der Waals surface area contributed by atoms with Crippen molar-refractivity contribution in [3.63, 3.8) is 0 Å². The van der Waals surface area contributed by atoms with Crippen LogP contribution in [0.25, 0.3) is 0 Å². The van der Waals surface area contributed by atoms with Gasteiger partial charge in [-0.15, -0.1) is 0 Å². The van der Waals surface area contributed by atoms with Gasteiger partial charge in [0.1, 0.15) is 17.8 Å². The van der Waals surface area contributed by atoms with Gasteiger partial charge in [-0.2, -0.15) is 0 Å². The standard InChI is InChI=1S/C20H26N6O/c1-27-18-6-2-5-17(12-18)24-20-19-15(4-3-9-26(19)23-14-22-20)13-25-10-7-16(21)8-11-25/h2-3,5-6,9,12,14,16H,4,7-8,10-11,13,21H2,1H3,(H,22,23,24). The van der Waals surface area contributed by atoms with Crippen LogP contribution < -0.4 is 15.9 Å². The Bertz CT molecular complexity index is 804. The van der Waals surface area contributed by atoms with E-state index in [1.54, 1.807) is 13.4 Å². The van der Waals surface area contributed by atoms with Crippen molar-refractivity contribution in [2.45, 2.75) is 25.3 Å². The summed E-state index contributed by atoms with van der Waals surface area (Å²) in [6.07, 6.45) is 8.91. The molecule has 1 aromatic rings. The lowest BCUT2D eigenvalue weighted by atomic mass is 10.0. The number of hydrogen-bond donors (Lipinski definition) is 2. The summed E-state index contributed by atoms with van der Waals surface area (Å²) in [4.78, 5) is 11.8. The van der Waals surface area contributed by atoms with Gasteiger partial charge in [0.25, 0.3) is 0 Å². The topological polar surface area (TPSA) is 78.5 Å². The van der Waals surface area contributed by atoms with Gasteiger partial charge >= 0.3 is 0 Å². The van der Waals surface area contributed by atoms with E-state index in [1.807, 2.05) is 35.5 Å². The molecule has 3 aliphatic heterocycles. The average molecular weight is 366 g/mol. The Morgan fingerprint density at radius 2 is 2.19 bits per heavy atom. The van der Waals surface area contributed by atoms with Gasteiger partial charge in [-0.3, -0.25) is 15.3 Å². The Morgan fingerprint density at radius 1 is 1.33 bits per heavy atom. The fraction of sp³-hybridized carbons (Fsp3) is 0.400. The lowest BCUT2D eigenvalue weighted by Crippen LogP contribution is -2.44. The summed E-state index contributed by atoms with van der Waals surface area (Å²) in [6.45, 7) is 3.00. The second-order valence-electron chi connectivity index (χ2n) is 7.05. The van der Waals surface area contributed by atoms with Crippen LogP contribution in [0.2, 0.25) is 0 Å². The van der Waals surface area contributed by atoms with Gasteiger partial charge in [0.2, 0.25) is 0 Å².